The van der Waals surface area contributed by atoms with Gasteiger partial charge >= 0.3 is 12.2 Å². The van der Waals surface area contributed by atoms with Gasteiger partial charge in [-0.2, -0.15) is 5.10 Å². The Morgan fingerprint density at radius 1 is 1.04 bits per heavy atom. The predicted molar refractivity (Wildman–Crippen MR) is 175 cm³/mol. The van der Waals surface area contributed by atoms with Crippen LogP contribution in [-0.2, 0) is 28.1 Å². The molecule has 2 heterocycles. The smallest absolute Gasteiger partial charge is 0.428 e. The number of amides is 3. The number of hydrogen-bond acceptors (Lipinski definition) is 7. The van der Waals surface area contributed by atoms with Gasteiger partial charge in [0.1, 0.15) is 24.2 Å². The third-order valence-electron chi connectivity index (χ3n) is 7.58. The molecule has 0 aliphatic carbocycles. The maximum Gasteiger partial charge on any atom is 0.428 e. The summed E-state index contributed by atoms with van der Waals surface area (Å²) in [5, 5.41) is 16.5. The van der Waals surface area contributed by atoms with E-state index in [1.54, 1.807) is 36.4 Å². The van der Waals surface area contributed by atoms with Gasteiger partial charge in [-0.15, -0.1) is 19.7 Å². The maximum atomic E-state index is 13.7. The first-order valence-corrected chi connectivity index (χ1v) is 14.5. The number of rotatable bonds is 14. The van der Waals surface area contributed by atoms with Crippen molar-refractivity contribution < 1.29 is 24.2 Å². The van der Waals surface area contributed by atoms with Crippen molar-refractivity contribution in [2.75, 3.05) is 11.4 Å². The summed E-state index contributed by atoms with van der Waals surface area (Å²) >= 11 is 0. The van der Waals surface area contributed by atoms with Crippen LogP contribution in [0.4, 0.5) is 15.3 Å². The predicted octanol–water partition coefficient (Wildman–Crippen LogP) is 4.83. The zero-order chi connectivity index (χ0) is 33.1. The number of benzene rings is 2. The lowest BCUT2D eigenvalue weighted by molar-refractivity contribution is -0.124. The van der Waals surface area contributed by atoms with E-state index >= 15 is 0 Å². The number of carboxylic acid groups (broad SMARTS) is 1. The molecule has 0 saturated heterocycles. The first-order valence-electron chi connectivity index (χ1n) is 14.5. The van der Waals surface area contributed by atoms with E-state index in [-0.39, 0.29) is 31.8 Å². The number of hydrazone groups is 1. The van der Waals surface area contributed by atoms with Crippen molar-refractivity contribution in [2.24, 2.45) is 5.10 Å². The van der Waals surface area contributed by atoms with Crippen LogP contribution in [0.25, 0.3) is 0 Å². The molecule has 0 bridgehead atoms. The van der Waals surface area contributed by atoms with Gasteiger partial charge in [0.15, 0.2) is 0 Å². The molecule has 3 amide bonds. The lowest BCUT2D eigenvalue weighted by atomic mass is 9.77. The molecular weight excluding hydrogens is 588 g/mol. The third-order valence-corrected chi connectivity index (χ3v) is 7.58. The van der Waals surface area contributed by atoms with Gasteiger partial charge in [0.25, 0.3) is 5.56 Å². The van der Waals surface area contributed by atoms with E-state index in [1.165, 1.54) is 23.1 Å². The van der Waals surface area contributed by atoms with E-state index in [2.05, 4.69) is 40.6 Å². The lowest BCUT2D eigenvalue weighted by Crippen LogP contribution is -2.40. The molecule has 1 aromatic heterocycles. The minimum absolute atomic E-state index is 0.123. The van der Waals surface area contributed by atoms with Crippen LogP contribution >= 0.6 is 0 Å². The zero-order valence-electron chi connectivity index (χ0n) is 25.3. The molecule has 3 N–H and O–H groups in total. The highest BCUT2D eigenvalue weighted by atomic mass is 16.6. The molecule has 0 radical (unpaired) electrons. The van der Waals surface area contributed by atoms with Gasteiger partial charge in [0, 0.05) is 18.5 Å². The Balaban J connectivity index is 1.45. The molecule has 0 fully saturated rings. The number of aromatic nitrogens is 2. The fourth-order valence-electron chi connectivity index (χ4n) is 5.43. The second-order valence-electron chi connectivity index (χ2n) is 10.7. The van der Waals surface area contributed by atoms with Crippen molar-refractivity contribution in [3.63, 3.8) is 0 Å². The monoisotopic (exact) mass is 624 g/mol. The highest BCUT2D eigenvalue weighted by Gasteiger charge is 2.47. The number of carbonyl (C=O) groups is 3. The van der Waals surface area contributed by atoms with E-state index in [0.717, 1.165) is 16.0 Å². The number of nitrogens with zero attached hydrogens (tertiary/aromatic N) is 4. The minimum atomic E-state index is -1.34. The third kappa shape index (κ3) is 7.65. The summed E-state index contributed by atoms with van der Waals surface area (Å²) < 4.78 is 6.42. The van der Waals surface area contributed by atoms with Crippen molar-refractivity contribution in [1.82, 2.24) is 20.3 Å². The van der Waals surface area contributed by atoms with E-state index in [4.69, 9.17) is 4.74 Å². The van der Waals surface area contributed by atoms with Crippen LogP contribution in [0.3, 0.4) is 0 Å². The second-order valence-corrected chi connectivity index (χ2v) is 10.7. The fourth-order valence-corrected chi connectivity index (χ4v) is 5.43. The Morgan fingerprint density at radius 3 is 2.37 bits per heavy atom. The van der Waals surface area contributed by atoms with Gasteiger partial charge in [-0.3, -0.25) is 19.1 Å². The van der Waals surface area contributed by atoms with Crippen molar-refractivity contribution in [3.05, 3.63) is 132 Å². The standard InChI is InChI=1S/C34H36N6O6/c1-4-16-34(17-5-2)19-27(40-30(42)28(22-36-31(34)40)39(18-6-3)33(44)45)29(41)35-20-24-12-14-25(15-13-24)21-37-38-32(43)46-23-26-10-8-7-9-11-26/h4-15,21-22,27H,1-3,16-20,23H2,(H,35,41)(H,38,43)(H,44,45)/t27-/m0/s1. The molecular formula is C34H36N6O6. The number of carbonyl (C=O) groups excluding carboxylic acids is 2. The summed E-state index contributed by atoms with van der Waals surface area (Å²) in [4.78, 5) is 56.5. The highest BCUT2D eigenvalue weighted by Crippen LogP contribution is 2.45. The zero-order valence-corrected chi connectivity index (χ0v) is 25.3. The highest BCUT2D eigenvalue weighted by molar-refractivity contribution is 5.86. The fraction of sp³-hybridized carbons (Fsp3) is 0.235. The quantitative estimate of drug-likeness (QED) is 0.132. The summed E-state index contributed by atoms with van der Waals surface area (Å²) in [5.41, 5.74) is 3.15. The molecule has 46 heavy (non-hydrogen) atoms. The molecule has 4 rings (SSSR count). The van der Waals surface area contributed by atoms with E-state index in [9.17, 15) is 24.3 Å². The van der Waals surface area contributed by atoms with Crippen LogP contribution in [0.5, 0.6) is 0 Å². The first kappa shape index (κ1) is 33.1. The molecule has 1 aliphatic rings. The Morgan fingerprint density at radius 2 is 1.74 bits per heavy atom. The van der Waals surface area contributed by atoms with Gasteiger partial charge in [0.05, 0.1) is 12.4 Å². The summed E-state index contributed by atoms with van der Waals surface area (Å²) in [6, 6.07) is 15.5. The van der Waals surface area contributed by atoms with Crippen molar-refractivity contribution >= 4 is 30.0 Å². The van der Waals surface area contributed by atoms with Crippen molar-refractivity contribution in [3.8, 4) is 0 Å². The summed E-state index contributed by atoms with van der Waals surface area (Å²) in [7, 11) is 0. The van der Waals surface area contributed by atoms with Crippen LogP contribution in [0.1, 0.15) is 47.8 Å². The number of hydrogen-bond donors (Lipinski definition) is 3. The number of anilines is 1. The minimum Gasteiger partial charge on any atom is -0.465 e. The van der Waals surface area contributed by atoms with Crippen LogP contribution in [-0.4, -0.2) is 45.5 Å². The van der Waals surface area contributed by atoms with Gasteiger partial charge < -0.3 is 15.2 Å². The van der Waals surface area contributed by atoms with Crippen molar-refractivity contribution in [2.45, 2.75) is 43.9 Å². The average Bonchev–Trinajstić information content (AvgIpc) is 3.38. The molecule has 0 spiro atoms. The Bertz CT molecular complexity index is 1670. The van der Waals surface area contributed by atoms with Crippen LogP contribution in [0.2, 0.25) is 0 Å². The maximum absolute atomic E-state index is 13.7. The SMILES string of the molecule is C=CCN(C(=O)O)c1cnc2n(c1=O)[C@H](C(=O)NCc1ccc(C=NNC(=O)OCc3ccccc3)cc1)CC2(CC=C)CC=C. The van der Waals surface area contributed by atoms with Gasteiger partial charge in [-0.1, -0.05) is 72.8 Å². The molecule has 0 saturated carbocycles. The number of allylic oxidation sites excluding steroid dienone is 2. The molecule has 1 atom stereocenters. The first-order chi connectivity index (χ1) is 22.2. The van der Waals surface area contributed by atoms with E-state index < -0.39 is 35.1 Å². The Hall–Kier alpha value is -5.78. The largest absolute Gasteiger partial charge is 0.465 e. The van der Waals surface area contributed by atoms with Gasteiger partial charge in [0.2, 0.25) is 5.91 Å². The van der Waals surface area contributed by atoms with Crippen molar-refractivity contribution in [1.29, 1.82) is 0 Å². The second kappa shape index (κ2) is 15.3. The Kier molecular flexibility index (Phi) is 11.0. The van der Waals surface area contributed by atoms with Crippen LogP contribution < -0.4 is 21.2 Å². The summed E-state index contributed by atoms with van der Waals surface area (Å²) in [6.45, 7) is 11.5. The van der Waals surface area contributed by atoms with Gasteiger partial charge in [-0.25, -0.2) is 20.0 Å². The molecule has 3 aromatic rings. The molecule has 12 nitrogen and oxygen atoms in total. The van der Waals surface area contributed by atoms with Gasteiger partial charge in [-0.05, 0) is 36.0 Å². The molecule has 238 valence electrons. The number of ether oxygens (including phenoxy) is 1. The summed E-state index contributed by atoms with van der Waals surface area (Å²) in [6.07, 6.45) is 6.60. The molecule has 12 heteroatoms. The van der Waals surface area contributed by atoms with Crippen LogP contribution in [0, 0.1) is 0 Å². The molecule has 1 aliphatic heterocycles. The van der Waals surface area contributed by atoms with Crippen LogP contribution in [0.15, 0.2) is 109 Å². The van der Waals surface area contributed by atoms with E-state index in [0.29, 0.717) is 24.2 Å². The number of fused-ring (bicyclic) bond motifs is 1. The average molecular weight is 625 g/mol. The number of nitrogens with one attached hydrogen (secondary N) is 2. The molecule has 0 unspecified atom stereocenters. The lowest BCUT2D eigenvalue weighted by Gasteiger charge is -2.26. The molecule has 2 aromatic carbocycles. The normalized spacial score (nSPS) is 14.6. The topological polar surface area (TPSA) is 155 Å². The Labute approximate surface area is 266 Å². The summed E-state index contributed by atoms with van der Waals surface area (Å²) in [5.74, 6) is -0.0295. The van der Waals surface area contributed by atoms with E-state index in [1.807, 2.05) is 30.3 Å².